The first-order valence-electron chi connectivity index (χ1n) is 10.1. The van der Waals surface area contributed by atoms with E-state index in [0.29, 0.717) is 40.3 Å². The van der Waals surface area contributed by atoms with Crippen LogP contribution in [0.25, 0.3) is 22.4 Å². The highest BCUT2D eigenvalue weighted by Gasteiger charge is 2.21. The molecule has 3 heterocycles. The SMILES string of the molecule is COc1cccc(-c2noc3nc(C)cc(C(=O)NCC(C)Cn4nccc4C)c23)c1. The van der Waals surface area contributed by atoms with E-state index < -0.39 is 0 Å². The van der Waals surface area contributed by atoms with Gasteiger partial charge in [-0.1, -0.05) is 24.2 Å². The molecular weight excluding hydrogens is 394 g/mol. The third kappa shape index (κ3) is 4.28. The number of hydrogen-bond acceptors (Lipinski definition) is 6. The highest BCUT2D eigenvalue weighted by molar-refractivity contribution is 6.09. The Morgan fingerprint density at radius 2 is 2.10 bits per heavy atom. The first kappa shape index (κ1) is 20.6. The molecule has 1 aromatic carbocycles. The minimum atomic E-state index is -0.188. The van der Waals surface area contributed by atoms with Crippen LogP contribution >= 0.6 is 0 Å². The molecule has 0 bridgehead atoms. The van der Waals surface area contributed by atoms with Crippen molar-refractivity contribution in [1.29, 1.82) is 0 Å². The van der Waals surface area contributed by atoms with Gasteiger partial charge in [0, 0.05) is 36.2 Å². The Bertz CT molecular complexity index is 1230. The molecule has 1 N–H and O–H groups in total. The normalized spacial score (nSPS) is 12.1. The Hall–Kier alpha value is -3.68. The van der Waals surface area contributed by atoms with E-state index in [0.717, 1.165) is 17.8 Å². The lowest BCUT2D eigenvalue weighted by Crippen LogP contribution is -2.30. The van der Waals surface area contributed by atoms with Crippen molar-refractivity contribution in [2.75, 3.05) is 13.7 Å². The van der Waals surface area contributed by atoms with Gasteiger partial charge in [-0.15, -0.1) is 0 Å². The van der Waals surface area contributed by atoms with Crippen molar-refractivity contribution >= 4 is 17.0 Å². The second-order valence-corrected chi connectivity index (χ2v) is 7.72. The molecule has 8 heteroatoms. The third-order valence-electron chi connectivity index (χ3n) is 5.19. The highest BCUT2D eigenvalue weighted by atomic mass is 16.5. The quantitative estimate of drug-likeness (QED) is 0.490. The summed E-state index contributed by atoms with van der Waals surface area (Å²) < 4.78 is 12.7. The average Bonchev–Trinajstić information content (AvgIpc) is 3.37. The minimum absolute atomic E-state index is 0.188. The summed E-state index contributed by atoms with van der Waals surface area (Å²) in [6.45, 7) is 7.16. The molecule has 0 aliphatic carbocycles. The summed E-state index contributed by atoms with van der Waals surface area (Å²) in [6, 6.07) is 11.2. The maximum Gasteiger partial charge on any atom is 0.259 e. The maximum atomic E-state index is 13.1. The van der Waals surface area contributed by atoms with Gasteiger partial charge in [0.05, 0.1) is 18.1 Å². The lowest BCUT2D eigenvalue weighted by Gasteiger charge is -2.14. The second-order valence-electron chi connectivity index (χ2n) is 7.72. The van der Waals surface area contributed by atoms with Gasteiger partial charge in [-0.05, 0) is 44.0 Å². The van der Waals surface area contributed by atoms with Crippen LogP contribution in [0.5, 0.6) is 5.75 Å². The second kappa shape index (κ2) is 8.59. The van der Waals surface area contributed by atoms with Crippen LogP contribution < -0.4 is 10.1 Å². The Morgan fingerprint density at radius 3 is 2.84 bits per heavy atom. The van der Waals surface area contributed by atoms with Crippen molar-refractivity contribution in [2.24, 2.45) is 5.92 Å². The molecule has 4 aromatic rings. The van der Waals surface area contributed by atoms with Crippen LogP contribution in [-0.4, -0.2) is 39.5 Å². The number of amides is 1. The molecule has 3 aromatic heterocycles. The molecule has 0 saturated heterocycles. The van der Waals surface area contributed by atoms with Gasteiger partial charge in [-0.2, -0.15) is 5.10 Å². The van der Waals surface area contributed by atoms with Crippen molar-refractivity contribution in [3.05, 3.63) is 59.5 Å². The number of fused-ring (bicyclic) bond motifs is 1. The molecule has 8 nitrogen and oxygen atoms in total. The van der Waals surface area contributed by atoms with E-state index in [4.69, 9.17) is 9.26 Å². The molecule has 1 unspecified atom stereocenters. The molecule has 4 rings (SSSR count). The largest absolute Gasteiger partial charge is 0.497 e. The summed E-state index contributed by atoms with van der Waals surface area (Å²) in [4.78, 5) is 17.5. The fourth-order valence-corrected chi connectivity index (χ4v) is 3.53. The predicted octanol–water partition coefficient (Wildman–Crippen LogP) is 3.78. The molecule has 160 valence electrons. The zero-order valence-corrected chi connectivity index (χ0v) is 18.0. The number of carbonyl (C=O) groups is 1. The number of rotatable bonds is 7. The number of hydrogen-bond donors (Lipinski definition) is 1. The van der Waals surface area contributed by atoms with Gasteiger partial charge in [0.1, 0.15) is 11.4 Å². The van der Waals surface area contributed by atoms with Gasteiger partial charge < -0.3 is 14.6 Å². The number of carbonyl (C=O) groups excluding carboxylic acids is 1. The molecule has 0 saturated carbocycles. The van der Waals surface area contributed by atoms with E-state index in [1.165, 1.54) is 0 Å². The van der Waals surface area contributed by atoms with E-state index >= 15 is 0 Å². The molecule has 0 radical (unpaired) electrons. The average molecular weight is 419 g/mol. The summed E-state index contributed by atoms with van der Waals surface area (Å²) in [5, 5.41) is 12.1. The van der Waals surface area contributed by atoms with Crippen LogP contribution in [0.3, 0.4) is 0 Å². The summed E-state index contributed by atoms with van der Waals surface area (Å²) in [6.07, 6.45) is 1.78. The van der Waals surface area contributed by atoms with Crippen LogP contribution in [-0.2, 0) is 6.54 Å². The van der Waals surface area contributed by atoms with Crippen LogP contribution in [0.1, 0.15) is 28.7 Å². The molecule has 0 fully saturated rings. The Morgan fingerprint density at radius 1 is 1.26 bits per heavy atom. The molecule has 1 atom stereocenters. The Kier molecular flexibility index (Phi) is 5.70. The highest BCUT2D eigenvalue weighted by Crippen LogP contribution is 2.32. The van der Waals surface area contributed by atoms with E-state index in [9.17, 15) is 4.79 Å². The first-order valence-corrected chi connectivity index (χ1v) is 10.1. The number of ether oxygens (including phenoxy) is 1. The molecule has 1 amide bonds. The van der Waals surface area contributed by atoms with Crippen LogP contribution in [0.2, 0.25) is 0 Å². The van der Waals surface area contributed by atoms with Crippen molar-refractivity contribution in [3.8, 4) is 17.0 Å². The Balaban J connectivity index is 1.61. The zero-order chi connectivity index (χ0) is 22.0. The van der Waals surface area contributed by atoms with Crippen LogP contribution in [0, 0.1) is 19.8 Å². The first-order chi connectivity index (χ1) is 15.0. The molecule has 0 aliphatic heterocycles. The standard InChI is InChI=1S/C23H25N5O3/c1-14(13-28-16(3)8-9-25-28)12-24-22(29)19-10-15(2)26-23-20(19)21(27-31-23)17-6-5-7-18(11-17)30-4/h5-11,14H,12-13H2,1-4H3,(H,24,29). The predicted molar refractivity (Wildman–Crippen MR) is 117 cm³/mol. The monoisotopic (exact) mass is 419 g/mol. The van der Waals surface area contributed by atoms with Gasteiger partial charge in [-0.3, -0.25) is 9.48 Å². The zero-order valence-electron chi connectivity index (χ0n) is 18.0. The van der Waals surface area contributed by atoms with E-state index in [2.05, 4.69) is 27.5 Å². The van der Waals surface area contributed by atoms with Crippen molar-refractivity contribution in [2.45, 2.75) is 27.3 Å². The van der Waals surface area contributed by atoms with E-state index in [1.54, 1.807) is 19.4 Å². The van der Waals surface area contributed by atoms with E-state index in [-0.39, 0.29) is 11.8 Å². The third-order valence-corrected chi connectivity index (χ3v) is 5.19. The summed E-state index contributed by atoms with van der Waals surface area (Å²) in [7, 11) is 1.61. The topological polar surface area (TPSA) is 95.1 Å². The number of methoxy groups -OCH3 is 1. The number of aromatic nitrogens is 4. The molecule has 0 spiro atoms. The number of pyridine rings is 1. The van der Waals surface area contributed by atoms with Gasteiger partial charge in [-0.25, -0.2) is 4.98 Å². The minimum Gasteiger partial charge on any atom is -0.497 e. The number of nitrogens with one attached hydrogen (secondary N) is 1. The fraction of sp³-hybridized carbons (Fsp3) is 0.304. The smallest absolute Gasteiger partial charge is 0.259 e. The van der Waals surface area contributed by atoms with Crippen LogP contribution in [0.15, 0.2) is 47.1 Å². The molecule has 31 heavy (non-hydrogen) atoms. The number of nitrogens with zero attached hydrogens (tertiary/aromatic N) is 4. The summed E-state index contributed by atoms with van der Waals surface area (Å²) >= 11 is 0. The van der Waals surface area contributed by atoms with Gasteiger partial charge in [0.15, 0.2) is 0 Å². The maximum absolute atomic E-state index is 13.1. The Labute approximate surface area is 180 Å². The lowest BCUT2D eigenvalue weighted by atomic mass is 10.0. The number of benzene rings is 1. The number of aryl methyl sites for hydroxylation is 2. The van der Waals surface area contributed by atoms with E-state index in [1.807, 2.05) is 48.9 Å². The molecular formula is C23H25N5O3. The van der Waals surface area contributed by atoms with Gasteiger partial charge in [0.2, 0.25) is 0 Å². The van der Waals surface area contributed by atoms with Crippen molar-refractivity contribution in [1.82, 2.24) is 25.2 Å². The van der Waals surface area contributed by atoms with Gasteiger partial charge >= 0.3 is 0 Å². The summed E-state index contributed by atoms with van der Waals surface area (Å²) in [5.41, 5.74) is 3.96. The molecule has 0 aliphatic rings. The van der Waals surface area contributed by atoms with Crippen molar-refractivity contribution in [3.63, 3.8) is 0 Å². The summed E-state index contributed by atoms with van der Waals surface area (Å²) in [5.74, 6) is 0.718. The lowest BCUT2D eigenvalue weighted by molar-refractivity contribution is 0.0948. The van der Waals surface area contributed by atoms with Crippen molar-refractivity contribution < 1.29 is 14.1 Å². The van der Waals surface area contributed by atoms with Gasteiger partial charge in [0.25, 0.3) is 11.6 Å². The fourth-order valence-electron chi connectivity index (χ4n) is 3.53. The van der Waals surface area contributed by atoms with Crippen LogP contribution in [0.4, 0.5) is 0 Å².